The standard InChI is InChI=1S/C11H15ClFN3O3/c12-9-8(13)10(17)16(11(18)14-9)3-1-2-15-4-6-19-7-5-15/h1-7H2,(H,14,18). The molecule has 8 heteroatoms. The predicted octanol–water partition coefficient (Wildman–Crippen LogP) is 0.0514. The van der Waals surface area contributed by atoms with Crippen LogP contribution in [0.25, 0.3) is 0 Å². The first-order valence-corrected chi connectivity index (χ1v) is 6.45. The normalized spacial score (nSPS) is 16.7. The summed E-state index contributed by atoms with van der Waals surface area (Å²) in [5.41, 5.74) is -1.66. The van der Waals surface area contributed by atoms with Crippen molar-refractivity contribution in [2.45, 2.75) is 13.0 Å². The van der Waals surface area contributed by atoms with Gasteiger partial charge in [-0.1, -0.05) is 11.6 Å². The summed E-state index contributed by atoms with van der Waals surface area (Å²) in [7, 11) is 0. The highest BCUT2D eigenvalue weighted by atomic mass is 35.5. The Labute approximate surface area is 113 Å². The van der Waals surface area contributed by atoms with Gasteiger partial charge in [-0.25, -0.2) is 4.79 Å². The van der Waals surface area contributed by atoms with Crippen LogP contribution in [0.2, 0.25) is 5.15 Å². The van der Waals surface area contributed by atoms with Crippen molar-refractivity contribution in [1.29, 1.82) is 0 Å². The summed E-state index contributed by atoms with van der Waals surface area (Å²) in [6.07, 6.45) is 0.587. The molecule has 0 unspecified atom stereocenters. The van der Waals surface area contributed by atoms with Gasteiger partial charge in [0.05, 0.1) is 13.2 Å². The minimum Gasteiger partial charge on any atom is -0.379 e. The van der Waals surface area contributed by atoms with Gasteiger partial charge in [-0.2, -0.15) is 4.39 Å². The van der Waals surface area contributed by atoms with E-state index in [9.17, 15) is 14.0 Å². The van der Waals surface area contributed by atoms with Gasteiger partial charge >= 0.3 is 5.69 Å². The summed E-state index contributed by atoms with van der Waals surface area (Å²) >= 11 is 5.38. The zero-order chi connectivity index (χ0) is 13.8. The van der Waals surface area contributed by atoms with E-state index in [1.807, 2.05) is 0 Å². The lowest BCUT2D eigenvalue weighted by molar-refractivity contribution is 0.0368. The molecule has 0 spiro atoms. The number of ether oxygens (including phenoxy) is 1. The number of aromatic nitrogens is 2. The Balaban J connectivity index is 1.98. The Morgan fingerprint density at radius 2 is 1.95 bits per heavy atom. The summed E-state index contributed by atoms with van der Waals surface area (Å²) in [6, 6.07) is 0. The SMILES string of the molecule is O=c1[nH]c(Cl)c(F)c(=O)n1CCCN1CCOCC1. The first-order valence-electron chi connectivity index (χ1n) is 6.08. The van der Waals surface area contributed by atoms with Crippen molar-refractivity contribution in [2.75, 3.05) is 32.8 Å². The van der Waals surface area contributed by atoms with E-state index < -0.39 is 22.2 Å². The van der Waals surface area contributed by atoms with Gasteiger partial charge in [0.15, 0.2) is 5.15 Å². The third-order valence-corrected chi connectivity index (χ3v) is 3.31. The molecule has 1 N–H and O–H groups in total. The second-order valence-electron chi connectivity index (χ2n) is 4.32. The van der Waals surface area contributed by atoms with Crippen molar-refractivity contribution in [1.82, 2.24) is 14.5 Å². The average molecular weight is 292 g/mol. The number of halogens is 2. The van der Waals surface area contributed by atoms with Crippen molar-refractivity contribution < 1.29 is 9.13 Å². The molecule has 2 heterocycles. The number of aromatic amines is 1. The fourth-order valence-corrected chi connectivity index (χ4v) is 2.16. The van der Waals surface area contributed by atoms with E-state index in [0.717, 1.165) is 24.2 Å². The molecule has 19 heavy (non-hydrogen) atoms. The van der Waals surface area contributed by atoms with Gasteiger partial charge in [0.1, 0.15) is 0 Å². The molecule has 1 aliphatic heterocycles. The molecule has 1 aliphatic rings. The smallest absolute Gasteiger partial charge is 0.329 e. The van der Waals surface area contributed by atoms with Gasteiger partial charge < -0.3 is 4.74 Å². The van der Waals surface area contributed by atoms with Crippen LogP contribution in [0.5, 0.6) is 0 Å². The summed E-state index contributed by atoms with van der Waals surface area (Å²) in [5, 5.41) is -0.542. The molecule has 0 bridgehead atoms. The zero-order valence-corrected chi connectivity index (χ0v) is 11.1. The van der Waals surface area contributed by atoms with E-state index >= 15 is 0 Å². The second-order valence-corrected chi connectivity index (χ2v) is 4.70. The van der Waals surface area contributed by atoms with Crippen molar-refractivity contribution in [3.8, 4) is 0 Å². The molecule has 1 fully saturated rings. The quantitative estimate of drug-likeness (QED) is 0.796. The number of H-pyrrole nitrogens is 1. The number of morpholine rings is 1. The first-order chi connectivity index (χ1) is 9.09. The Morgan fingerprint density at radius 3 is 2.63 bits per heavy atom. The molecule has 0 aliphatic carbocycles. The monoisotopic (exact) mass is 291 g/mol. The van der Waals surface area contributed by atoms with E-state index in [0.29, 0.717) is 19.6 Å². The maximum atomic E-state index is 13.3. The first kappa shape index (κ1) is 14.2. The van der Waals surface area contributed by atoms with Crippen LogP contribution in [-0.2, 0) is 11.3 Å². The van der Waals surface area contributed by atoms with Crippen LogP contribution in [0.1, 0.15) is 6.42 Å². The van der Waals surface area contributed by atoms with Crippen LogP contribution in [-0.4, -0.2) is 47.3 Å². The Kier molecular flexibility index (Phi) is 4.73. The molecule has 1 aromatic heterocycles. The highest BCUT2D eigenvalue weighted by Gasteiger charge is 2.13. The topological polar surface area (TPSA) is 67.3 Å². The van der Waals surface area contributed by atoms with E-state index in [1.165, 1.54) is 0 Å². The van der Waals surface area contributed by atoms with Gasteiger partial charge in [-0.3, -0.25) is 19.2 Å². The molecule has 1 saturated heterocycles. The molecule has 0 saturated carbocycles. The van der Waals surface area contributed by atoms with Gasteiger partial charge in [0.25, 0.3) is 5.56 Å². The molecule has 106 valence electrons. The average Bonchev–Trinajstić information content (AvgIpc) is 2.41. The van der Waals surface area contributed by atoms with E-state index in [1.54, 1.807) is 0 Å². The molecule has 0 radical (unpaired) electrons. The van der Waals surface area contributed by atoms with Crippen molar-refractivity contribution >= 4 is 11.6 Å². The van der Waals surface area contributed by atoms with Gasteiger partial charge in [-0.05, 0) is 6.42 Å². The van der Waals surface area contributed by atoms with Crippen LogP contribution >= 0.6 is 11.6 Å². The summed E-state index contributed by atoms with van der Waals surface area (Å²) < 4.78 is 19.3. The highest BCUT2D eigenvalue weighted by Crippen LogP contribution is 2.03. The van der Waals surface area contributed by atoms with Crippen molar-refractivity contribution in [3.05, 3.63) is 31.8 Å². The fourth-order valence-electron chi connectivity index (χ4n) is 2.00. The van der Waals surface area contributed by atoms with E-state index in [2.05, 4.69) is 9.88 Å². The van der Waals surface area contributed by atoms with Crippen LogP contribution in [0.15, 0.2) is 9.59 Å². The Bertz CT molecular complexity index is 551. The number of hydrogen-bond donors (Lipinski definition) is 1. The molecule has 1 aromatic rings. The van der Waals surface area contributed by atoms with Crippen LogP contribution in [0.3, 0.4) is 0 Å². The molecule has 0 amide bonds. The summed E-state index contributed by atoms with van der Waals surface area (Å²) in [5.74, 6) is -1.12. The van der Waals surface area contributed by atoms with Crippen molar-refractivity contribution in [3.63, 3.8) is 0 Å². The summed E-state index contributed by atoms with van der Waals surface area (Å²) in [6.45, 7) is 3.95. The van der Waals surface area contributed by atoms with Crippen LogP contribution < -0.4 is 11.2 Å². The molecular formula is C11H15ClFN3O3. The molecule has 2 rings (SSSR count). The van der Waals surface area contributed by atoms with Gasteiger partial charge in [0, 0.05) is 26.2 Å². The maximum Gasteiger partial charge on any atom is 0.329 e. The highest BCUT2D eigenvalue weighted by molar-refractivity contribution is 6.29. The fraction of sp³-hybridized carbons (Fsp3) is 0.636. The van der Waals surface area contributed by atoms with Crippen molar-refractivity contribution in [2.24, 2.45) is 0 Å². The lowest BCUT2D eigenvalue weighted by Gasteiger charge is -2.26. The summed E-state index contributed by atoms with van der Waals surface area (Å²) in [4.78, 5) is 27.3. The third kappa shape index (κ3) is 3.43. The van der Waals surface area contributed by atoms with Crippen LogP contribution in [0, 0.1) is 5.82 Å². The number of hydrogen-bond acceptors (Lipinski definition) is 4. The van der Waals surface area contributed by atoms with Crippen LogP contribution in [0.4, 0.5) is 4.39 Å². The minimum absolute atomic E-state index is 0.166. The molecular weight excluding hydrogens is 277 g/mol. The van der Waals surface area contributed by atoms with E-state index in [-0.39, 0.29) is 6.54 Å². The predicted molar refractivity (Wildman–Crippen MR) is 68.2 cm³/mol. The minimum atomic E-state index is -1.12. The largest absolute Gasteiger partial charge is 0.379 e. The Hall–Kier alpha value is -1.18. The lowest BCUT2D eigenvalue weighted by Crippen LogP contribution is -2.40. The Morgan fingerprint density at radius 1 is 1.26 bits per heavy atom. The third-order valence-electron chi connectivity index (χ3n) is 3.05. The molecule has 0 aromatic carbocycles. The lowest BCUT2D eigenvalue weighted by atomic mass is 10.3. The van der Waals surface area contributed by atoms with E-state index in [4.69, 9.17) is 16.3 Å². The zero-order valence-electron chi connectivity index (χ0n) is 10.3. The number of nitrogens with one attached hydrogen (secondary N) is 1. The van der Waals surface area contributed by atoms with Gasteiger partial charge in [-0.15, -0.1) is 0 Å². The number of rotatable bonds is 4. The molecule has 0 atom stereocenters. The second kappa shape index (κ2) is 6.31. The molecule has 6 nitrogen and oxygen atoms in total. The van der Waals surface area contributed by atoms with Gasteiger partial charge in [0.2, 0.25) is 5.82 Å². The maximum absolute atomic E-state index is 13.3. The number of nitrogens with zero attached hydrogens (tertiary/aromatic N) is 2.